The minimum Gasteiger partial charge on any atom is -0.456 e. The third-order valence-corrected chi connectivity index (χ3v) is 2.97. The van der Waals surface area contributed by atoms with Gasteiger partial charge in [0, 0.05) is 11.9 Å². The number of nitrogens with one attached hydrogen (secondary N) is 2. The molecule has 0 saturated heterocycles. The van der Waals surface area contributed by atoms with Crippen molar-refractivity contribution in [1.82, 2.24) is 9.97 Å². The van der Waals surface area contributed by atoms with Gasteiger partial charge in [-0.15, -0.1) is 0 Å². The molecule has 0 fully saturated rings. The molecule has 2 aromatic rings. The lowest BCUT2D eigenvalue weighted by molar-refractivity contribution is 0.00697. The van der Waals surface area contributed by atoms with Crippen molar-refractivity contribution in [2.75, 3.05) is 5.32 Å². The Morgan fingerprint density at radius 2 is 1.92 bits per heavy atom. The predicted octanol–water partition coefficient (Wildman–Crippen LogP) is 3.09. The van der Waals surface area contributed by atoms with Crippen LogP contribution < -0.4 is 10.9 Å². The Balaban J connectivity index is 0.00000151. The van der Waals surface area contributed by atoms with Crippen molar-refractivity contribution in [2.24, 2.45) is 0 Å². The number of hydrogen-bond acceptors (Lipinski definition) is 4. The Bertz CT molecular complexity index is 754. The molecule has 0 spiro atoms. The van der Waals surface area contributed by atoms with E-state index in [0.717, 1.165) is 0 Å². The van der Waals surface area contributed by atoms with Gasteiger partial charge < -0.3 is 15.0 Å². The zero-order valence-corrected chi connectivity index (χ0v) is 15.7. The van der Waals surface area contributed by atoms with Crippen LogP contribution >= 0.6 is 11.6 Å². The van der Waals surface area contributed by atoms with Crippen LogP contribution in [-0.2, 0) is 4.74 Å². The summed E-state index contributed by atoms with van der Waals surface area (Å²) in [7, 11) is 5.47. The van der Waals surface area contributed by atoms with Crippen molar-refractivity contribution in [3.05, 3.63) is 40.8 Å². The molecule has 0 aliphatic rings. The highest BCUT2D eigenvalue weighted by atomic mass is 35.5. The number of anilines is 1. The van der Waals surface area contributed by atoms with E-state index in [9.17, 15) is 9.59 Å². The molecule has 0 aliphatic heterocycles. The van der Waals surface area contributed by atoms with Crippen molar-refractivity contribution < 1.29 is 14.3 Å². The van der Waals surface area contributed by atoms with Gasteiger partial charge in [-0.25, -0.2) is 9.78 Å². The number of rotatable bonds is 3. The number of aromatic amines is 1. The van der Waals surface area contributed by atoms with Crippen LogP contribution in [0.2, 0.25) is 5.02 Å². The minimum atomic E-state index is -0.619. The number of imidazole rings is 1. The van der Waals surface area contributed by atoms with Gasteiger partial charge in [0.05, 0.1) is 10.6 Å². The highest BCUT2D eigenvalue weighted by Crippen LogP contribution is 2.23. The minimum absolute atomic E-state index is 0.0786. The summed E-state index contributed by atoms with van der Waals surface area (Å²) in [5.74, 6) is -0.920. The lowest BCUT2D eigenvalue weighted by Gasteiger charge is -2.20. The number of halogens is 1. The fourth-order valence-corrected chi connectivity index (χ4v) is 1.99. The van der Waals surface area contributed by atoms with E-state index in [2.05, 4.69) is 15.3 Å². The first kappa shape index (κ1) is 20.8. The maximum absolute atomic E-state index is 12.0. The van der Waals surface area contributed by atoms with Gasteiger partial charge in [-0.3, -0.25) is 4.79 Å². The molecular formula is C17H21BClN3O3. The SMILES string of the molecule is CC.[B]c1cnc(C(=O)Nc2ccc(C(=O)OC(C)(C)C)c(Cl)c2)[nH]1. The Hall–Kier alpha value is -2.28. The van der Waals surface area contributed by atoms with Crippen molar-refractivity contribution in [3.8, 4) is 0 Å². The average Bonchev–Trinajstić information content (AvgIpc) is 2.94. The van der Waals surface area contributed by atoms with Gasteiger partial charge in [0.25, 0.3) is 5.91 Å². The second-order valence-electron chi connectivity index (χ2n) is 5.84. The number of nitrogens with zero attached hydrogens (tertiary/aromatic N) is 1. The van der Waals surface area contributed by atoms with Crippen LogP contribution in [0.15, 0.2) is 24.4 Å². The summed E-state index contributed by atoms with van der Waals surface area (Å²) >= 11 is 6.09. The number of carbonyl (C=O) groups is 2. The van der Waals surface area contributed by atoms with E-state index < -0.39 is 17.5 Å². The molecule has 0 atom stereocenters. The second kappa shape index (κ2) is 8.71. The van der Waals surface area contributed by atoms with Gasteiger partial charge in [-0.05, 0) is 44.6 Å². The van der Waals surface area contributed by atoms with E-state index in [1.54, 1.807) is 26.8 Å². The van der Waals surface area contributed by atoms with E-state index >= 15 is 0 Å². The van der Waals surface area contributed by atoms with E-state index in [0.29, 0.717) is 5.69 Å². The van der Waals surface area contributed by atoms with Crippen LogP contribution in [-0.4, -0.2) is 35.3 Å². The van der Waals surface area contributed by atoms with E-state index in [1.165, 1.54) is 18.3 Å². The smallest absolute Gasteiger partial charge is 0.340 e. The Morgan fingerprint density at radius 3 is 2.40 bits per heavy atom. The monoisotopic (exact) mass is 361 g/mol. The molecule has 132 valence electrons. The number of carbonyl (C=O) groups excluding carboxylic acids is 2. The molecule has 1 aromatic heterocycles. The molecule has 8 heteroatoms. The summed E-state index contributed by atoms with van der Waals surface area (Å²) in [5.41, 5.74) is 0.310. The predicted molar refractivity (Wildman–Crippen MR) is 99.9 cm³/mol. The number of ether oxygens (including phenoxy) is 1. The first-order valence-electron chi connectivity index (χ1n) is 7.80. The maximum Gasteiger partial charge on any atom is 0.340 e. The lowest BCUT2D eigenvalue weighted by atomic mass is 10.1. The number of esters is 1. The lowest BCUT2D eigenvalue weighted by Crippen LogP contribution is -2.24. The van der Waals surface area contributed by atoms with Gasteiger partial charge in [-0.2, -0.15) is 0 Å². The van der Waals surface area contributed by atoms with Crippen molar-refractivity contribution in [3.63, 3.8) is 0 Å². The summed E-state index contributed by atoms with van der Waals surface area (Å²) in [5, 5.41) is 2.78. The molecule has 0 aliphatic carbocycles. The second-order valence-corrected chi connectivity index (χ2v) is 6.24. The number of hydrogen-bond donors (Lipinski definition) is 2. The highest BCUT2D eigenvalue weighted by Gasteiger charge is 2.20. The Kier molecular flexibility index (Phi) is 7.24. The molecule has 0 unspecified atom stereocenters. The van der Waals surface area contributed by atoms with Crippen LogP contribution in [0.1, 0.15) is 55.6 Å². The Morgan fingerprint density at radius 1 is 1.28 bits per heavy atom. The molecule has 1 heterocycles. The third kappa shape index (κ3) is 6.27. The largest absolute Gasteiger partial charge is 0.456 e. The quantitative estimate of drug-likeness (QED) is 0.650. The highest BCUT2D eigenvalue weighted by molar-refractivity contribution is 6.34. The van der Waals surface area contributed by atoms with E-state index in [4.69, 9.17) is 24.2 Å². The molecule has 2 N–H and O–H groups in total. The van der Waals surface area contributed by atoms with Crippen LogP contribution in [0.5, 0.6) is 0 Å². The van der Waals surface area contributed by atoms with Crippen molar-refractivity contribution >= 4 is 42.6 Å². The molecule has 25 heavy (non-hydrogen) atoms. The van der Waals surface area contributed by atoms with Gasteiger partial charge in [0.1, 0.15) is 13.4 Å². The molecule has 0 saturated carbocycles. The first-order valence-corrected chi connectivity index (χ1v) is 8.18. The number of aromatic nitrogens is 2. The van der Waals surface area contributed by atoms with Crippen LogP contribution in [0.3, 0.4) is 0 Å². The first-order chi connectivity index (χ1) is 11.7. The van der Waals surface area contributed by atoms with Gasteiger partial charge in [-0.1, -0.05) is 25.4 Å². The number of H-pyrrole nitrogens is 1. The summed E-state index contributed by atoms with van der Waals surface area (Å²) in [6.45, 7) is 9.30. The zero-order chi connectivity index (χ0) is 19.2. The molecule has 2 radical (unpaired) electrons. The van der Waals surface area contributed by atoms with Crippen LogP contribution in [0.25, 0.3) is 0 Å². The standard InChI is InChI=1S/C15H15BClN3O3.C2H6/c1-15(2,3)23-14(22)9-5-4-8(6-10(9)17)19-13(21)12-18-7-11(16)20-12;1-2/h4-7H,1-3H3,(H,18,20)(H,19,21);1-2H3. The topological polar surface area (TPSA) is 84.1 Å². The van der Waals surface area contributed by atoms with Crippen LogP contribution in [0.4, 0.5) is 5.69 Å². The van der Waals surface area contributed by atoms with Crippen molar-refractivity contribution in [1.29, 1.82) is 0 Å². The van der Waals surface area contributed by atoms with Gasteiger partial charge >= 0.3 is 5.97 Å². The molecule has 6 nitrogen and oxygen atoms in total. The number of benzene rings is 1. The fourth-order valence-electron chi connectivity index (χ4n) is 1.73. The van der Waals surface area contributed by atoms with E-state index in [-0.39, 0.29) is 22.0 Å². The van der Waals surface area contributed by atoms with Gasteiger partial charge in [0.2, 0.25) is 0 Å². The zero-order valence-electron chi connectivity index (χ0n) is 14.9. The molecular weight excluding hydrogens is 340 g/mol. The normalized spacial score (nSPS) is 10.5. The molecule has 1 aromatic carbocycles. The fraction of sp³-hybridized carbons (Fsp3) is 0.353. The van der Waals surface area contributed by atoms with Crippen LogP contribution in [0, 0.1) is 0 Å². The summed E-state index contributed by atoms with van der Waals surface area (Å²) in [6, 6.07) is 4.50. The van der Waals surface area contributed by atoms with E-state index in [1.807, 2.05) is 13.8 Å². The molecule has 0 bridgehead atoms. The summed E-state index contributed by atoms with van der Waals surface area (Å²) in [4.78, 5) is 30.4. The Labute approximate surface area is 153 Å². The van der Waals surface area contributed by atoms with Gasteiger partial charge in [0.15, 0.2) is 5.82 Å². The van der Waals surface area contributed by atoms with Crippen molar-refractivity contribution in [2.45, 2.75) is 40.2 Å². The molecule has 1 amide bonds. The number of amides is 1. The summed E-state index contributed by atoms with van der Waals surface area (Å²) in [6.07, 6.45) is 1.34. The third-order valence-electron chi connectivity index (χ3n) is 2.66. The average molecular weight is 362 g/mol. The molecule has 2 rings (SSSR count). The maximum atomic E-state index is 12.0. The summed E-state index contributed by atoms with van der Waals surface area (Å²) < 4.78 is 5.26.